The van der Waals surface area contributed by atoms with Gasteiger partial charge in [-0.05, 0) is 129 Å². The molecule has 8 saturated carbocycles. The molecule has 8 bridgehead atoms. The van der Waals surface area contributed by atoms with Gasteiger partial charge in [0, 0.05) is 17.2 Å². The molecular weight excluding hydrogens is 456 g/mol. The molecule has 0 aromatic heterocycles. The van der Waals surface area contributed by atoms with Crippen LogP contribution in [-0.4, -0.2) is 35.4 Å². The van der Waals surface area contributed by atoms with Crippen molar-refractivity contribution in [1.82, 2.24) is 0 Å². The summed E-state index contributed by atoms with van der Waals surface area (Å²) >= 11 is 0. The van der Waals surface area contributed by atoms with Crippen molar-refractivity contribution in [2.24, 2.45) is 35.5 Å². The van der Waals surface area contributed by atoms with Crippen LogP contribution in [0.15, 0.2) is 12.1 Å². The van der Waals surface area contributed by atoms with E-state index in [0.717, 1.165) is 35.5 Å². The lowest BCUT2D eigenvalue weighted by Crippen LogP contribution is -2.50. The summed E-state index contributed by atoms with van der Waals surface area (Å²) in [6.45, 7) is -0.789. The third-order valence-corrected chi connectivity index (χ3v) is 11.0. The smallest absolute Gasteiger partial charge is 0.341 e. The molecule has 9 rings (SSSR count). The highest BCUT2D eigenvalue weighted by atomic mass is 16.5. The molecule has 0 heterocycles. The fraction of sp³-hybridized carbons (Fsp3) is 0.733. The minimum Gasteiger partial charge on any atom is -0.481 e. The number of hydrogen-bond acceptors (Lipinski definition) is 4. The second-order valence-electron chi connectivity index (χ2n) is 13.6. The van der Waals surface area contributed by atoms with Crippen molar-refractivity contribution in [2.45, 2.75) is 87.9 Å². The highest BCUT2D eigenvalue weighted by molar-refractivity contribution is 5.69. The van der Waals surface area contributed by atoms with Crippen LogP contribution in [0.1, 0.15) is 88.2 Å². The van der Waals surface area contributed by atoms with Gasteiger partial charge in [0.2, 0.25) is 0 Å². The molecule has 8 aliphatic rings. The van der Waals surface area contributed by atoms with E-state index in [9.17, 15) is 19.8 Å². The van der Waals surface area contributed by atoms with Gasteiger partial charge in [-0.3, -0.25) is 0 Å². The number of carboxylic acid groups (broad SMARTS) is 2. The van der Waals surface area contributed by atoms with E-state index in [1.54, 1.807) is 0 Å². The van der Waals surface area contributed by atoms with Gasteiger partial charge in [0.25, 0.3) is 0 Å². The first-order chi connectivity index (χ1) is 17.3. The molecular formula is C30H38O6. The molecule has 0 aliphatic heterocycles. The SMILES string of the molecule is O=C(O)COc1cc(OCC(=O)O)c(C23CC4CC(CC(C4)C2)C3)cc1C12CC3CC(CC(C3)C1)C2. The normalized spacial score (nSPS) is 41.4. The second kappa shape index (κ2) is 8.13. The standard InChI is InChI=1S/C30H38O6/c31-27(32)15-35-25-8-26(36-16-28(33)34)24(30-12-20-4-21(13-30)6-22(5-20)14-30)7-23(25)29-9-17-1-18(10-29)3-19(2-17)11-29/h7-8,17-22H,1-6,9-16H2,(H,31,32)(H,33,34). The number of benzene rings is 1. The van der Waals surface area contributed by atoms with E-state index < -0.39 is 25.2 Å². The monoisotopic (exact) mass is 494 g/mol. The minimum atomic E-state index is -0.996. The van der Waals surface area contributed by atoms with Gasteiger partial charge in [-0.2, -0.15) is 0 Å². The van der Waals surface area contributed by atoms with Gasteiger partial charge in [0.05, 0.1) is 0 Å². The molecule has 8 fully saturated rings. The molecule has 0 unspecified atom stereocenters. The van der Waals surface area contributed by atoms with Crippen molar-refractivity contribution in [1.29, 1.82) is 0 Å². The van der Waals surface area contributed by atoms with Gasteiger partial charge in [-0.15, -0.1) is 0 Å². The lowest BCUT2D eigenvalue weighted by Gasteiger charge is -2.58. The Morgan fingerprint density at radius 3 is 1.19 bits per heavy atom. The van der Waals surface area contributed by atoms with Crippen molar-refractivity contribution in [3.8, 4) is 11.5 Å². The molecule has 2 N–H and O–H groups in total. The first-order valence-electron chi connectivity index (χ1n) is 14.2. The van der Waals surface area contributed by atoms with Crippen LogP contribution < -0.4 is 9.47 Å². The fourth-order valence-corrected chi connectivity index (χ4v) is 10.8. The average Bonchev–Trinajstić information content (AvgIpc) is 2.79. The number of carbonyl (C=O) groups is 2. The molecule has 0 saturated heterocycles. The summed E-state index contributed by atoms with van der Waals surface area (Å²) in [5.41, 5.74) is 2.48. The Bertz CT molecular complexity index is 937. The van der Waals surface area contributed by atoms with Crippen LogP contribution in [0.25, 0.3) is 0 Å². The molecule has 0 spiro atoms. The minimum absolute atomic E-state index is 0.0466. The third kappa shape index (κ3) is 3.73. The van der Waals surface area contributed by atoms with Gasteiger partial charge in [-0.25, -0.2) is 9.59 Å². The maximum absolute atomic E-state index is 11.5. The maximum atomic E-state index is 11.5. The summed E-state index contributed by atoms with van der Waals surface area (Å²) < 4.78 is 12.0. The zero-order valence-electron chi connectivity index (χ0n) is 21.0. The van der Waals surface area contributed by atoms with Crippen LogP contribution in [0, 0.1) is 35.5 Å². The maximum Gasteiger partial charge on any atom is 0.341 e. The Balaban J connectivity index is 1.36. The zero-order valence-corrected chi connectivity index (χ0v) is 21.0. The number of rotatable bonds is 8. The molecule has 0 amide bonds. The summed E-state index contributed by atoms with van der Waals surface area (Å²) in [6.07, 6.45) is 15.0. The van der Waals surface area contributed by atoms with E-state index in [1.165, 1.54) is 88.2 Å². The summed E-state index contributed by atoms with van der Waals surface area (Å²) in [7, 11) is 0. The molecule has 6 nitrogen and oxygen atoms in total. The van der Waals surface area contributed by atoms with Crippen LogP contribution in [-0.2, 0) is 20.4 Å². The molecule has 1 aromatic rings. The van der Waals surface area contributed by atoms with Gasteiger partial charge >= 0.3 is 11.9 Å². The van der Waals surface area contributed by atoms with Crippen molar-refractivity contribution >= 4 is 11.9 Å². The molecule has 0 radical (unpaired) electrons. The topological polar surface area (TPSA) is 93.1 Å². The van der Waals surface area contributed by atoms with E-state index in [4.69, 9.17) is 9.47 Å². The van der Waals surface area contributed by atoms with Crippen LogP contribution in [0.3, 0.4) is 0 Å². The number of carboxylic acids is 2. The Labute approximate surface area is 212 Å². The highest BCUT2D eigenvalue weighted by Gasteiger charge is 2.55. The van der Waals surface area contributed by atoms with Gasteiger partial charge in [0.15, 0.2) is 13.2 Å². The quantitative estimate of drug-likeness (QED) is 0.492. The lowest BCUT2D eigenvalue weighted by atomic mass is 9.46. The van der Waals surface area contributed by atoms with Crippen LogP contribution in [0.4, 0.5) is 0 Å². The number of aliphatic carboxylic acids is 2. The van der Waals surface area contributed by atoms with E-state index in [2.05, 4.69) is 6.07 Å². The summed E-state index contributed by atoms with van der Waals surface area (Å²) in [5.74, 6) is 3.77. The van der Waals surface area contributed by atoms with Crippen molar-refractivity contribution in [3.05, 3.63) is 23.3 Å². The predicted molar refractivity (Wildman–Crippen MR) is 132 cm³/mol. The van der Waals surface area contributed by atoms with Crippen molar-refractivity contribution in [3.63, 3.8) is 0 Å². The summed E-state index contributed by atoms with van der Waals surface area (Å²) in [4.78, 5) is 23.0. The van der Waals surface area contributed by atoms with Crippen LogP contribution >= 0.6 is 0 Å². The molecule has 0 atom stereocenters. The van der Waals surface area contributed by atoms with E-state index in [1.807, 2.05) is 6.07 Å². The molecule has 8 aliphatic carbocycles. The first-order valence-corrected chi connectivity index (χ1v) is 14.2. The average molecular weight is 495 g/mol. The molecule has 194 valence electrons. The van der Waals surface area contributed by atoms with Crippen LogP contribution in [0.5, 0.6) is 11.5 Å². The highest BCUT2D eigenvalue weighted by Crippen LogP contribution is 2.65. The molecule has 36 heavy (non-hydrogen) atoms. The lowest BCUT2D eigenvalue weighted by molar-refractivity contribution is -0.140. The summed E-state index contributed by atoms with van der Waals surface area (Å²) in [6, 6.07) is 4.22. The fourth-order valence-electron chi connectivity index (χ4n) is 10.8. The van der Waals surface area contributed by atoms with Gasteiger partial charge < -0.3 is 19.7 Å². The Kier molecular flexibility index (Phi) is 5.17. The van der Waals surface area contributed by atoms with Gasteiger partial charge in [0.1, 0.15) is 11.5 Å². The second-order valence-corrected chi connectivity index (χ2v) is 13.6. The van der Waals surface area contributed by atoms with Gasteiger partial charge in [-0.1, -0.05) is 0 Å². The predicted octanol–water partition coefficient (Wildman–Crippen LogP) is 5.55. The van der Waals surface area contributed by atoms with Crippen molar-refractivity contribution < 1.29 is 29.3 Å². The molecule has 6 heteroatoms. The van der Waals surface area contributed by atoms with Crippen molar-refractivity contribution in [2.75, 3.05) is 13.2 Å². The Morgan fingerprint density at radius 2 is 0.917 bits per heavy atom. The first kappa shape index (κ1) is 22.9. The Hall–Kier alpha value is -2.24. The zero-order chi connectivity index (χ0) is 24.7. The Morgan fingerprint density at radius 1 is 0.611 bits per heavy atom. The van der Waals surface area contributed by atoms with E-state index in [0.29, 0.717) is 11.5 Å². The largest absolute Gasteiger partial charge is 0.481 e. The van der Waals surface area contributed by atoms with Crippen LogP contribution in [0.2, 0.25) is 0 Å². The number of hydrogen-bond donors (Lipinski definition) is 2. The van der Waals surface area contributed by atoms with E-state index >= 15 is 0 Å². The third-order valence-electron chi connectivity index (χ3n) is 11.0. The number of ether oxygens (including phenoxy) is 2. The molecule has 1 aromatic carbocycles. The summed E-state index contributed by atoms with van der Waals surface area (Å²) in [5, 5.41) is 18.8. The van der Waals surface area contributed by atoms with E-state index in [-0.39, 0.29) is 10.8 Å².